The van der Waals surface area contributed by atoms with Gasteiger partial charge in [0.1, 0.15) is 23.7 Å². The molecule has 0 saturated carbocycles. The molecule has 0 atom stereocenters. The molecule has 1 aliphatic rings. The van der Waals surface area contributed by atoms with Gasteiger partial charge in [-0.05, 0) is 36.4 Å². The van der Waals surface area contributed by atoms with Crippen LogP contribution >= 0.6 is 0 Å². The van der Waals surface area contributed by atoms with Crippen molar-refractivity contribution >= 4 is 17.3 Å². The number of nitrogens with zero attached hydrogens (tertiary/aromatic N) is 4. The molecule has 1 fully saturated rings. The number of rotatable bonds is 8. The molecule has 1 aliphatic heterocycles. The van der Waals surface area contributed by atoms with Gasteiger partial charge in [-0.1, -0.05) is 0 Å². The second-order valence-corrected chi connectivity index (χ2v) is 7.30. The molecule has 0 unspecified atom stereocenters. The molecule has 8 nitrogen and oxygen atoms in total. The molecule has 3 heterocycles. The monoisotopic (exact) mass is 460 g/mol. The number of benzene rings is 1. The molecule has 174 valence electrons. The number of anilines is 3. The van der Waals surface area contributed by atoms with E-state index in [1.54, 1.807) is 12.3 Å². The molecule has 3 aromatic rings. The summed E-state index contributed by atoms with van der Waals surface area (Å²) < 4.78 is 46.2. The third-order valence-electron chi connectivity index (χ3n) is 4.92. The number of hydrogen-bond donors (Lipinski definition) is 2. The van der Waals surface area contributed by atoms with Crippen molar-refractivity contribution in [3.63, 3.8) is 0 Å². The van der Waals surface area contributed by atoms with E-state index in [9.17, 15) is 13.2 Å². The highest BCUT2D eigenvalue weighted by molar-refractivity contribution is 5.67. The van der Waals surface area contributed by atoms with Gasteiger partial charge in [0, 0.05) is 49.7 Å². The lowest BCUT2D eigenvalue weighted by molar-refractivity contribution is -0.274. The van der Waals surface area contributed by atoms with Gasteiger partial charge in [0.25, 0.3) is 0 Å². The normalized spacial score (nSPS) is 14.6. The quantitative estimate of drug-likeness (QED) is 0.523. The summed E-state index contributed by atoms with van der Waals surface area (Å²) in [6, 6.07) is 10.9. The molecule has 0 amide bonds. The number of aromatic nitrogens is 3. The number of pyridine rings is 1. The summed E-state index contributed by atoms with van der Waals surface area (Å²) >= 11 is 0. The van der Waals surface area contributed by atoms with Gasteiger partial charge in [-0.25, -0.2) is 15.0 Å². The zero-order chi connectivity index (χ0) is 23.1. The zero-order valence-corrected chi connectivity index (χ0v) is 17.7. The van der Waals surface area contributed by atoms with Crippen molar-refractivity contribution in [3.8, 4) is 17.0 Å². The van der Waals surface area contributed by atoms with Crippen molar-refractivity contribution in [2.75, 3.05) is 50.0 Å². The van der Waals surface area contributed by atoms with E-state index in [1.807, 2.05) is 12.1 Å². The van der Waals surface area contributed by atoms with E-state index < -0.39 is 6.36 Å². The minimum Gasteiger partial charge on any atom is -0.406 e. The van der Waals surface area contributed by atoms with Gasteiger partial charge in [-0.3, -0.25) is 4.90 Å². The van der Waals surface area contributed by atoms with Crippen LogP contribution in [0.1, 0.15) is 0 Å². The zero-order valence-electron chi connectivity index (χ0n) is 17.7. The van der Waals surface area contributed by atoms with Crippen LogP contribution < -0.4 is 15.4 Å². The molecule has 4 rings (SSSR count). The van der Waals surface area contributed by atoms with E-state index in [0.29, 0.717) is 17.2 Å². The average Bonchev–Trinajstić information content (AvgIpc) is 2.81. The van der Waals surface area contributed by atoms with Crippen molar-refractivity contribution in [1.29, 1.82) is 0 Å². The summed E-state index contributed by atoms with van der Waals surface area (Å²) in [7, 11) is 0. The lowest BCUT2D eigenvalue weighted by Gasteiger charge is -2.26. The first-order valence-corrected chi connectivity index (χ1v) is 10.4. The minimum absolute atomic E-state index is 0.290. The van der Waals surface area contributed by atoms with Crippen molar-refractivity contribution < 1.29 is 22.6 Å². The molecule has 11 heteroatoms. The molecule has 0 spiro atoms. The van der Waals surface area contributed by atoms with Gasteiger partial charge in [0.15, 0.2) is 0 Å². The Labute approximate surface area is 188 Å². The fourth-order valence-corrected chi connectivity index (χ4v) is 3.32. The summed E-state index contributed by atoms with van der Waals surface area (Å²) in [5.41, 5.74) is 2.11. The SMILES string of the molecule is FC(F)(F)Oc1ccc(Nc2cc(-c3ccnc(NCCN4CCOCC4)c3)ncn2)cc1. The van der Waals surface area contributed by atoms with Gasteiger partial charge < -0.3 is 20.1 Å². The van der Waals surface area contributed by atoms with E-state index >= 15 is 0 Å². The van der Waals surface area contributed by atoms with E-state index in [-0.39, 0.29) is 5.75 Å². The van der Waals surface area contributed by atoms with Crippen LogP contribution in [0.25, 0.3) is 11.3 Å². The minimum atomic E-state index is -4.72. The van der Waals surface area contributed by atoms with Gasteiger partial charge in [-0.2, -0.15) is 0 Å². The molecule has 0 radical (unpaired) electrons. The molecule has 1 saturated heterocycles. The van der Waals surface area contributed by atoms with E-state index in [0.717, 1.165) is 50.8 Å². The maximum Gasteiger partial charge on any atom is 0.573 e. The fraction of sp³-hybridized carbons (Fsp3) is 0.318. The summed E-state index contributed by atoms with van der Waals surface area (Å²) in [6.07, 6.45) is -1.59. The lowest BCUT2D eigenvalue weighted by Crippen LogP contribution is -2.39. The van der Waals surface area contributed by atoms with Crippen LogP contribution in [-0.4, -0.2) is 65.6 Å². The highest BCUT2D eigenvalue weighted by Gasteiger charge is 2.30. The second kappa shape index (κ2) is 10.5. The molecule has 2 N–H and O–H groups in total. The Hall–Kier alpha value is -3.44. The number of hydrogen-bond acceptors (Lipinski definition) is 8. The predicted octanol–water partition coefficient (Wildman–Crippen LogP) is 3.92. The van der Waals surface area contributed by atoms with Crippen LogP contribution in [0.3, 0.4) is 0 Å². The van der Waals surface area contributed by atoms with Crippen molar-refractivity contribution in [2.24, 2.45) is 0 Å². The Morgan fingerprint density at radius 1 is 0.970 bits per heavy atom. The van der Waals surface area contributed by atoms with Crippen LogP contribution in [-0.2, 0) is 4.74 Å². The van der Waals surface area contributed by atoms with Crippen molar-refractivity contribution in [1.82, 2.24) is 19.9 Å². The van der Waals surface area contributed by atoms with Gasteiger partial charge in [0.2, 0.25) is 0 Å². The van der Waals surface area contributed by atoms with Crippen LogP contribution in [0.5, 0.6) is 5.75 Å². The lowest BCUT2D eigenvalue weighted by atomic mass is 10.2. The Balaban J connectivity index is 1.37. The Morgan fingerprint density at radius 2 is 1.76 bits per heavy atom. The maximum atomic E-state index is 12.3. The fourth-order valence-electron chi connectivity index (χ4n) is 3.32. The first kappa shape index (κ1) is 22.7. The maximum absolute atomic E-state index is 12.3. The molecule has 2 aromatic heterocycles. The highest BCUT2D eigenvalue weighted by atomic mass is 19.4. The summed E-state index contributed by atoms with van der Waals surface area (Å²) in [5.74, 6) is 0.958. The summed E-state index contributed by atoms with van der Waals surface area (Å²) in [6.45, 7) is 5.07. The number of nitrogens with one attached hydrogen (secondary N) is 2. The van der Waals surface area contributed by atoms with Crippen molar-refractivity contribution in [2.45, 2.75) is 6.36 Å². The smallest absolute Gasteiger partial charge is 0.406 e. The Bertz CT molecular complexity index is 1040. The first-order chi connectivity index (χ1) is 15.9. The average molecular weight is 460 g/mol. The molecule has 33 heavy (non-hydrogen) atoms. The van der Waals surface area contributed by atoms with Crippen LogP contribution in [0, 0.1) is 0 Å². The van der Waals surface area contributed by atoms with E-state index in [2.05, 4.69) is 35.2 Å². The van der Waals surface area contributed by atoms with Crippen molar-refractivity contribution in [3.05, 3.63) is 55.0 Å². The second-order valence-electron chi connectivity index (χ2n) is 7.30. The molecular weight excluding hydrogens is 437 g/mol. The van der Waals surface area contributed by atoms with E-state index in [1.165, 1.54) is 30.6 Å². The van der Waals surface area contributed by atoms with Gasteiger partial charge in [0.05, 0.1) is 18.9 Å². The third kappa shape index (κ3) is 7.02. The summed E-state index contributed by atoms with van der Waals surface area (Å²) in [5, 5.41) is 6.39. The Kier molecular flexibility index (Phi) is 7.20. The largest absolute Gasteiger partial charge is 0.573 e. The van der Waals surface area contributed by atoms with Gasteiger partial charge in [-0.15, -0.1) is 13.2 Å². The Morgan fingerprint density at radius 3 is 2.52 bits per heavy atom. The number of halogens is 3. The highest BCUT2D eigenvalue weighted by Crippen LogP contribution is 2.26. The predicted molar refractivity (Wildman–Crippen MR) is 117 cm³/mol. The molecule has 0 aliphatic carbocycles. The number of alkyl halides is 3. The van der Waals surface area contributed by atoms with Crippen LogP contribution in [0.4, 0.5) is 30.5 Å². The molecular formula is C22H23F3N6O2. The van der Waals surface area contributed by atoms with Gasteiger partial charge >= 0.3 is 6.36 Å². The molecule has 1 aromatic carbocycles. The summed E-state index contributed by atoms with van der Waals surface area (Å²) in [4.78, 5) is 15.2. The number of ether oxygens (including phenoxy) is 2. The third-order valence-corrected chi connectivity index (χ3v) is 4.92. The van der Waals surface area contributed by atoms with Crippen LogP contribution in [0.2, 0.25) is 0 Å². The number of morpholine rings is 1. The topological polar surface area (TPSA) is 84.4 Å². The molecule has 0 bridgehead atoms. The first-order valence-electron chi connectivity index (χ1n) is 10.4. The standard InChI is InChI=1S/C22H23F3N6O2/c23-22(24,25)33-18-3-1-17(2-4-18)30-21-14-19(28-15-29-21)16-5-6-26-20(13-16)27-7-8-31-9-11-32-12-10-31/h1-6,13-15H,7-12H2,(H,26,27)(H,28,29,30). The van der Waals surface area contributed by atoms with E-state index in [4.69, 9.17) is 4.74 Å². The van der Waals surface area contributed by atoms with Crippen LogP contribution in [0.15, 0.2) is 55.0 Å².